The van der Waals surface area contributed by atoms with E-state index < -0.39 is 10.4 Å². The summed E-state index contributed by atoms with van der Waals surface area (Å²) >= 11 is 11.3. The van der Waals surface area contributed by atoms with Crippen LogP contribution in [0.2, 0.25) is 0 Å². The van der Waals surface area contributed by atoms with Crippen LogP contribution in [0.3, 0.4) is 0 Å². The van der Waals surface area contributed by atoms with Crippen LogP contribution in [0.4, 0.5) is 0 Å². The van der Waals surface area contributed by atoms with Crippen molar-refractivity contribution < 1.29 is 4.74 Å². The van der Waals surface area contributed by atoms with Crippen molar-refractivity contribution in [1.29, 1.82) is 0 Å². The van der Waals surface area contributed by atoms with Gasteiger partial charge in [0, 0.05) is 0 Å². The van der Waals surface area contributed by atoms with Crippen LogP contribution in [0.1, 0.15) is 27.7 Å². The molecular formula is C7H14Cl2O. The van der Waals surface area contributed by atoms with Crippen molar-refractivity contribution >= 4 is 23.2 Å². The topological polar surface area (TPSA) is 9.23 Å². The van der Waals surface area contributed by atoms with E-state index in [0.29, 0.717) is 0 Å². The lowest BCUT2D eigenvalue weighted by atomic mass is 10.2. The van der Waals surface area contributed by atoms with Gasteiger partial charge in [0.25, 0.3) is 0 Å². The molecule has 0 aliphatic heterocycles. The molecule has 0 bridgehead atoms. The van der Waals surface area contributed by atoms with Crippen molar-refractivity contribution in [2.75, 3.05) is 0 Å². The highest BCUT2D eigenvalue weighted by Crippen LogP contribution is 2.24. The van der Waals surface area contributed by atoms with E-state index in [1.54, 1.807) is 0 Å². The van der Waals surface area contributed by atoms with Gasteiger partial charge >= 0.3 is 0 Å². The number of alkyl halides is 2. The Bertz CT molecular complexity index is 99.8. The third-order valence-corrected chi connectivity index (χ3v) is 2.12. The van der Waals surface area contributed by atoms with E-state index in [1.165, 1.54) is 0 Å². The molecule has 0 spiro atoms. The lowest BCUT2D eigenvalue weighted by Crippen LogP contribution is -2.34. The summed E-state index contributed by atoms with van der Waals surface area (Å²) in [5, 5.41) is 0. The molecule has 0 atom stereocenters. The molecule has 0 saturated carbocycles. The van der Waals surface area contributed by atoms with E-state index in [-0.39, 0.29) is 6.10 Å². The molecule has 62 valence electrons. The van der Waals surface area contributed by atoms with Crippen LogP contribution in [0.5, 0.6) is 0 Å². The first-order valence-corrected chi connectivity index (χ1v) is 4.19. The Balaban J connectivity index is 3.87. The second-order valence-electron chi connectivity index (χ2n) is 3.07. The van der Waals surface area contributed by atoms with Crippen LogP contribution in [0.25, 0.3) is 0 Å². The maximum atomic E-state index is 5.65. The maximum Gasteiger partial charge on any atom is 0.136 e. The van der Waals surface area contributed by atoms with Gasteiger partial charge in [-0.3, -0.25) is 0 Å². The van der Waals surface area contributed by atoms with Crippen molar-refractivity contribution in [3.63, 3.8) is 0 Å². The zero-order valence-corrected chi connectivity index (χ0v) is 8.33. The Kier molecular flexibility index (Phi) is 4.00. The predicted molar refractivity (Wildman–Crippen MR) is 45.8 cm³/mol. The third kappa shape index (κ3) is 3.65. The molecule has 0 amide bonds. The van der Waals surface area contributed by atoms with Gasteiger partial charge in [-0.05, 0) is 27.7 Å². The zero-order chi connectivity index (χ0) is 8.36. The van der Waals surface area contributed by atoms with Gasteiger partial charge in [0.2, 0.25) is 0 Å². The minimum Gasteiger partial charge on any atom is -0.370 e. The normalized spacial score (nSPS) is 13.2. The van der Waals surface area contributed by atoms with Crippen LogP contribution in [0, 0.1) is 0 Å². The molecule has 0 N–H and O–H groups in total. The molecule has 0 heterocycles. The summed E-state index contributed by atoms with van der Waals surface area (Å²) in [7, 11) is 0. The molecular weight excluding hydrogens is 171 g/mol. The van der Waals surface area contributed by atoms with Gasteiger partial charge < -0.3 is 4.74 Å². The Hall–Kier alpha value is 0.540. The van der Waals surface area contributed by atoms with Gasteiger partial charge in [0.1, 0.15) is 4.84 Å². The van der Waals surface area contributed by atoms with Crippen LogP contribution in [-0.4, -0.2) is 16.5 Å². The van der Waals surface area contributed by atoms with Gasteiger partial charge in [0.05, 0.1) is 11.7 Å². The highest BCUT2D eigenvalue weighted by atomic mass is 35.5. The van der Waals surface area contributed by atoms with Crippen molar-refractivity contribution in [2.45, 2.75) is 44.2 Å². The molecule has 1 nitrogen and oxygen atoms in total. The van der Waals surface area contributed by atoms with Crippen molar-refractivity contribution in [2.24, 2.45) is 0 Å². The molecule has 0 aromatic heterocycles. The average Bonchev–Trinajstić information content (AvgIpc) is 1.60. The molecule has 10 heavy (non-hydrogen) atoms. The molecule has 0 unspecified atom stereocenters. The van der Waals surface area contributed by atoms with Crippen LogP contribution in [-0.2, 0) is 4.74 Å². The Morgan fingerprint density at radius 3 is 1.70 bits per heavy atom. The number of ether oxygens (including phenoxy) is 1. The third-order valence-electron chi connectivity index (χ3n) is 1.06. The SMILES string of the molecule is CC(C)OC(C)(C)C(Cl)Cl. The fraction of sp³-hybridized carbons (Fsp3) is 1.00. The van der Waals surface area contributed by atoms with Crippen molar-refractivity contribution in [1.82, 2.24) is 0 Å². The summed E-state index contributed by atoms with van der Waals surface area (Å²) in [6.45, 7) is 7.66. The maximum absolute atomic E-state index is 5.65. The highest BCUT2D eigenvalue weighted by molar-refractivity contribution is 6.45. The van der Waals surface area contributed by atoms with Gasteiger partial charge in [0.15, 0.2) is 0 Å². The summed E-state index contributed by atoms with van der Waals surface area (Å²) < 4.78 is 5.44. The number of halogens is 2. The summed E-state index contributed by atoms with van der Waals surface area (Å²) in [5.41, 5.74) is -0.447. The second-order valence-corrected chi connectivity index (χ2v) is 4.17. The molecule has 0 radical (unpaired) electrons. The summed E-state index contributed by atoms with van der Waals surface area (Å²) in [4.78, 5) is -0.477. The van der Waals surface area contributed by atoms with E-state index in [9.17, 15) is 0 Å². The number of rotatable bonds is 3. The number of hydrogen-bond donors (Lipinski definition) is 0. The molecule has 0 rings (SSSR count). The summed E-state index contributed by atoms with van der Waals surface area (Å²) in [5.74, 6) is 0. The van der Waals surface area contributed by atoms with Gasteiger partial charge in [-0.1, -0.05) is 0 Å². The second kappa shape index (κ2) is 3.80. The smallest absolute Gasteiger partial charge is 0.136 e. The molecule has 0 aliphatic carbocycles. The number of hydrogen-bond acceptors (Lipinski definition) is 1. The minimum absolute atomic E-state index is 0.162. The average molecular weight is 185 g/mol. The van der Waals surface area contributed by atoms with E-state index in [2.05, 4.69) is 0 Å². The molecule has 0 aromatic rings. The Morgan fingerprint density at radius 1 is 1.20 bits per heavy atom. The van der Waals surface area contributed by atoms with Gasteiger partial charge in [-0.25, -0.2) is 0 Å². The van der Waals surface area contributed by atoms with Crippen LogP contribution in [0.15, 0.2) is 0 Å². The zero-order valence-electron chi connectivity index (χ0n) is 6.82. The lowest BCUT2D eigenvalue weighted by molar-refractivity contribution is -0.0462. The molecule has 3 heteroatoms. The Morgan fingerprint density at radius 2 is 1.60 bits per heavy atom. The van der Waals surface area contributed by atoms with E-state index in [1.807, 2.05) is 27.7 Å². The molecule has 0 aromatic carbocycles. The van der Waals surface area contributed by atoms with Crippen molar-refractivity contribution in [3.05, 3.63) is 0 Å². The fourth-order valence-electron chi connectivity index (χ4n) is 0.659. The summed E-state index contributed by atoms with van der Waals surface area (Å²) in [6.07, 6.45) is 0.162. The predicted octanol–water partition coefficient (Wildman–Crippen LogP) is 2.99. The van der Waals surface area contributed by atoms with Crippen LogP contribution < -0.4 is 0 Å². The highest BCUT2D eigenvalue weighted by Gasteiger charge is 2.27. The Labute approximate surface area is 72.6 Å². The fourth-order valence-corrected chi connectivity index (χ4v) is 0.762. The van der Waals surface area contributed by atoms with Gasteiger partial charge in [-0.2, -0.15) is 0 Å². The van der Waals surface area contributed by atoms with E-state index in [4.69, 9.17) is 27.9 Å². The van der Waals surface area contributed by atoms with E-state index >= 15 is 0 Å². The summed E-state index contributed by atoms with van der Waals surface area (Å²) in [6, 6.07) is 0. The van der Waals surface area contributed by atoms with Gasteiger partial charge in [-0.15, -0.1) is 23.2 Å². The minimum atomic E-state index is -0.477. The molecule has 0 aliphatic rings. The van der Waals surface area contributed by atoms with Crippen molar-refractivity contribution in [3.8, 4) is 0 Å². The largest absolute Gasteiger partial charge is 0.370 e. The monoisotopic (exact) mass is 184 g/mol. The first-order chi connectivity index (χ1) is 4.36. The first-order valence-electron chi connectivity index (χ1n) is 3.32. The molecule has 0 saturated heterocycles. The molecule has 0 fully saturated rings. The van der Waals surface area contributed by atoms with Crippen LogP contribution >= 0.6 is 23.2 Å². The lowest BCUT2D eigenvalue weighted by Gasteiger charge is -2.28. The quantitative estimate of drug-likeness (QED) is 0.614. The first kappa shape index (κ1) is 10.5. The standard InChI is InChI=1S/C7H14Cl2O/c1-5(2)10-7(3,4)6(8)9/h5-6H,1-4H3. The van der Waals surface area contributed by atoms with E-state index in [0.717, 1.165) is 0 Å².